The maximum absolute atomic E-state index is 12.8. The molecule has 6 heteroatoms. The first-order valence-corrected chi connectivity index (χ1v) is 9.34. The molecule has 0 aromatic heterocycles. The molecule has 0 spiro atoms. The first kappa shape index (κ1) is 16.6. The fraction of sp³-hybridized carbons (Fsp3) is 0.176. The minimum absolute atomic E-state index is 0.0319. The zero-order chi connectivity index (χ0) is 16.2. The van der Waals surface area contributed by atoms with E-state index < -0.39 is 0 Å². The second-order valence-corrected chi connectivity index (χ2v) is 7.40. The van der Waals surface area contributed by atoms with Gasteiger partial charge >= 0.3 is 0 Å². The van der Waals surface area contributed by atoms with E-state index in [9.17, 15) is 4.79 Å². The Labute approximate surface area is 152 Å². The molecule has 23 heavy (non-hydrogen) atoms. The van der Waals surface area contributed by atoms with Crippen molar-refractivity contribution in [3.05, 3.63) is 63.6 Å². The monoisotopic (exact) mass is 408 g/mol. The Bertz CT molecular complexity index is 749. The van der Waals surface area contributed by atoms with E-state index >= 15 is 0 Å². The summed E-state index contributed by atoms with van der Waals surface area (Å²) in [7, 11) is 0. The van der Waals surface area contributed by atoms with Crippen molar-refractivity contribution in [2.45, 2.75) is 6.42 Å². The van der Waals surface area contributed by atoms with Crippen LogP contribution in [0.15, 0.2) is 58.0 Å². The lowest BCUT2D eigenvalue weighted by molar-refractivity contribution is 0.0849. The number of thioether (sulfide) groups is 1. The Morgan fingerprint density at radius 2 is 1.91 bits per heavy atom. The molecule has 0 atom stereocenters. The Morgan fingerprint density at radius 3 is 2.65 bits per heavy atom. The van der Waals surface area contributed by atoms with E-state index in [1.807, 2.05) is 42.5 Å². The number of para-hydroxylation sites is 1. The lowest BCUT2D eigenvalue weighted by Crippen LogP contribution is -2.39. The fourth-order valence-electron chi connectivity index (χ4n) is 2.23. The summed E-state index contributed by atoms with van der Waals surface area (Å²) >= 11 is 11.2. The van der Waals surface area contributed by atoms with Gasteiger partial charge in [-0.05, 0) is 42.8 Å². The molecular formula is C17H14BrClN2OS. The van der Waals surface area contributed by atoms with Gasteiger partial charge in [0.15, 0.2) is 5.17 Å². The van der Waals surface area contributed by atoms with Crippen molar-refractivity contribution in [1.29, 1.82) is 0 Å². The first-order chi connectivity index (χ1) is 11.1. The van der Waals surface area contributed by atoms with Gasteiger partial charge in [0.2, 0.25) is 0 Å². The molecule has 0 radical (unpaired) electrons. The van der Waals surface area contributed by atoms with Crippen molar-refractivity contribution in [3.63, 3.8) is 0 Å². The Morgan fingerprint density at radius 1 is 1.17 bits per heavy atom. The van der Waals surface area contributed by atoms with Gasteiger partial charge in [0.05, 0.1) is 10.7 Å². The summed E-state index contributed by atoms with van der Waals surface area (Å²) in [5.74, 6) is 0.920. The highest BCUT2D eigenvalue weighted by Gasteiger charge is 2.25. The molecule has 3 rings (SSSR count). The molecule has 3 nitrogen and oxygen atoms in total. The summed E-state index contributed by atoms with van der Waals surface area (Å²) in [5.41, 5.74) is 1.34. The van der Waals surface area contributed by atoms with Crippen molar-refractivity contribution in [3.8, 4) is 0 Å². The number of hydrogen-bond acceptors (Lipinski definition) is 3. The molecule has 0 N–H and O–H groups in total. The number of hydrogen-bond donors (Lipinski definition) is 0. The highest BCUT2D eigenvalue weighted by Crippen LogP contribution is 2.28. The number of carbonyl (C=O) groups is 1. The number of benzene rings is 2. The third-order valence-corrected chi connectivity index (χ3v) is 5.30. The molecule has 1 amide bonds. The molecule has 0 saturated carbocycles. The van der Waals surface area contributed by atoms with Gasteiger partial charge in [0, 0.05) is 22.3 Å². The molecule has 2 aromatic carbocycles. The van der Waals surface area contributed by atoms with Gasteiger partial charge in [-0.15, -0.1) is 0 Å². The predicted molar refractivity (Wildman–Crippen MR) is 101 cm³/mol. The number of rotatable bonds is 2. The molecule has 2 aromatic rings. The topological polar surface area (TPSA) is 32.7 Å². The first-order valence-electron chi connectivity index (χ1n) is 7.18. The molecule has 1 heterocycles. The second kappa shape index (κ2) is 7.51. The second-order valence-electron chi connectivity index (χ2n) is 5.01. The maximum atomic E-state index is 12.8. The molecule has 1 fully saturated rings. The Kier molecular flexibility index (Phi) is 5.41. The van der Waals surface area contributed by atoms with Crippen LogP contribution in [0.5, 0.6) is 0 Å². The van der Waals surface area contributed by atoms with Gasteiger partial charge in [-0.2, -0.15) is 0 Å². The third-order valence-electron chi connectivity index (χ3n) is 3.39. The van der Waals surface area contributed by atoms with Gasteiger partial charge in [-0.1, -0.05) is 51.4 Å². The normalized spacial score (nSPS) is 16.6. The SMILES string of the molecule is O=C(c1ccc(Br)cc1)N1CCCSC1=Nc1ccccc1Cl. The van der Waals surface area contributed by atoms with Crippen LogP contribution in [0.4, 0.5) is 5.69 Å². The zero-order valence-electron chi connectivity index (χ0n) is 12.2. The van der Waals surface area contributed by atoms with E-state index in [2.05, 4.69) is 20.9 Å². The summed E-state index contributed by atoms with van der Waals surface area (Å²) in [6.45, 7) is 0.672. The number of nitrogens with zero attached hydrogens (tertiary/aromatic N) is 2. The van der Waals surface area contributed by atoms with Crippen LogP contribution >= 0.6 is 39.3 Å². The zero-order valence-corrected chi connectivity index (χ0v) is 15.4. The van der Waals surface area contributed by atoms with Crippen LogP contribution in [-0.2, 0) is 0 Å². The van der Waals surface area contributed by atoms with Crippen LogP contribution in [0, 0.1) is 0 Å². The highest BCUT2D eigenvalue weighted by atomic mass is 79.9. The number of halogens is 2. The third kappa shape index (κ3) is 3.97. The van der Waals surface area contributed by atoms with Gasteiger partial charge in [0.25, 0.3) is 5.91 Å². The van der Waals surface area contributed by atoms with E-state index in [0.717, 1.165) is 16.6 Å². The van der Waals surface area contributed by atoms with Gasteiger partial charge in [-0.3, -0.25) is 9.69 Å². The molecule has 1 aliphatic rings. The van der Waals surface area contributed by atoms with Crippen LogP contribution in [0.2, 0.25) is 5.02 Å². The molecule has 1 aliphatic heterocycles. The van der Waals surface area contributed by atoms with Crippen LogP contribution in [-0.4, -0.2) is 28.3 Å². The van der Waals surface area contributed by atoms with Crippen LogP contribution < -0.4 is 0 Å². The fourth-order valence-corrected chi connectivity index (χ4v) is 3.63. The predicted octanol–water partition coefficient (Wildman–Crippen LogP) is 5.37. The smallest absolute Gasteiger partial charge is 0.259 e. The molecule has 0 aliphatic carbocycles. The van der Waals surface area contributed by atoms with Gasteiger partial charge in [-0.25, -0.2) is 4.99 Å². The summed E-state index contributed by atoms with van der Waals surface area (Å²) in [6.07, 6.45) is 0.953. The lowest BCUT2D eigenvalue weighted by atomic mass is 10.2. The van der Waals surface area contributed by atoms with Crippen molar-refractivity contribution in [1.82, 2.24) is 4.90 Å². The highest BCUT2D eigenvalue weighted by molar-refractivity contribution is 9.10. The van der Waals surface area contributed by atoms with E-state index in [4.69, 9.17) is 11.6 Å². The molecule has 0 unspecified atom stereocenters. The van der Waals surface area contributed by atoms with E-state index in [1.54, 1.807) is 22.7 Å². The maximum Gasteiger partial charge on any atom is 0.259 e. The standard InChI is InChI=1S/C17H14BrClN2OS/c18-13-8-6-12(7-9-13)16(22)21-10-3-11-23-17(21)20-15-5-2-1-4-14(15)19/h1-2,4-9H,3,10-11H2. The van der Waals surface area contributed by atoms with E-state index in [-0.39, 0.29) is 5.91 Å². The number of aliphatic imine (C=N–C) groups is 1. The Hall–Kier alpha value is -1.30. The molecular weight excluding hydrogens is 396 g/mol. The quantitative estimate of drug-likeness (QED) is 0.668. The largest absolute Gasteiger partial charge is 0.287 e. The summed E-state index contributed by atoms with van der Waals surface area (Å²) in [6, 6.07) is 14.8. The minimum atomic E-state index is -0.0319. The van der Waals surface area contributed by atoms with Crippen LogP contribution in [0.1, 0.15) is 16.8 Å². The molecule has 118 valence electrons. The van der Waals surface area contributed by atoms with Crippen LogP contribution in [0.3, 0.4) is 0 Å². The number of amidine groups is 1. The summed E-state index contributed by atoms with van der Waals surface area (Å²) in [4.78, 5) is 19.1. The average molecular weight is 410 g/mol. The van der Waals surface area contributed by atoms with E-state index in [1.165, 1.54) is 0 Å². The summed E-state index contributed by atoms with van der Waals surface area (Å²) < 4.78 is 0.951. The Balaban J connectivity index is 1.91. The van der Waals surface area contributed by atoms with E-state index in [0.29, 0.717) is 28.0 Å². The molecule has 1 saturated heterocycles. The number of amides is 1. The van der Waals surface area contributed by atoms with Crippen molar-refractivity contribution in [2.24, 2.45) is 4.99 Å². The van der Waals surface area contributed by atoms with Crippen LogP contribution in [0.25, 0.3) is 0 Å². The molecule has 0 bridgehead atoms. The van der Waals surface area contributed by atoms with Crippen molar-refractivity contribution >= 4 is 56.1 Å². The number of carbonyl (C=O) groups excluding carboxylic acids is 1. The summed E-state index contributed by atoms with van der Waals surface area (Å²) in [5, 5.41) is 1.29. The van der Waals surface area contributed by atoms with Crippen molar-refractivity contribution in [2.75, 3.05) is 12.3 Å². The average Bonchev–Trinajstić information content (AvgIpc) is 2.57. The van der Waals surface area contributed by atoms with Gasteiger partial charge < -0.3 is 0 Å². The van der Waals surface area contributed by atoms with Crippen molar-refractivity contribution < 1.29 is 4.79 Å². The minimum Gasteiger partial charge on any atom is -0.287 e. The lowest BCUT2D eigenvalue weighted by Gasteiger charge is -2.28. The van der Waals surface area contributed by atoms with Gasteiger partial charge in [0.1, 0.15) is 0 Å².